The zero-order valence-electron chi connectivity index (χ0n) is 7.38. The van der Waals surface area contributed by atoms with Crippen molar-refractivity contribution in [3.8, 4) is 11.6 Å². The van der Waals surface area contributed by atoms with Gasteiger partial charge in [-0.2, -0.15) is 0 Å². The lowest BCUT2D eigenvalue weighted by molar-refractivity contribution is 0.0686. The van der Waals surface area contributed by atoms with Crippen molar-refractivity contribution < 1.29 is 20.1 Å². The first-order valence-electron chi connectivity index (χ1n) is 4.01. The predicted molar refractivity (Wildman–Crippen MR) is 49.8 cm³/mol. The normalized spacial score (nSPS) is 10.4. The molecule has 1 aromatic heterocycles. The van der Waals surface area contributed by atoms with Crippen LogP contribution in [0, 0.1) is 0 Å². The number of carboxylic acids is 1. The summed E-state index contributed by atoms with van der Waals surface area (Å²) in [6.07, 6.45) is 0. The number of carboxylic acid groups (broad SMARTS) is 1. The monoisotopic (exact) mass is 206 g/mol. The summed E-state index contributed by atoms with van der Waals surface area (Å²) < 4.78 is 0. The Kier molecular flexibility index (Phi) is 1.89. The Morgan fingerprint density at radius 3 is 2.60 bits per heavy atom. The summed E-state index contributed by atoms with van der Waals surface area (Å²) >= 11 is 0. The molecular weight excluding hydrogens is 200 g/mol. The fraction of sp³-hybridized carbons (Fsp3) is 0. The number of phenols is 1. The smallest absolute Gasteiger partial charge is 0.360 e. The van der Waals surface area contributed by atoms with Crippen molar-refractivity contribution in [2.45, 2.75) is 0 Å². The van der Waals surface area contributed by atoms with Gasteiger partial charge < -0.3 is 15.3 Å². The second-order valence-electron chi connectivity index (χ2n) is 2.85. The molecule has 0 aliphatic rings. The predicted octanol–water partition coefficient (Wildman–Crippen LogP) is 0.739. The molecular formula is C9H6N2O4. The van der Waals surface area contributed by atoms with Crippen LogP contribution < -0.4 is 0 Å². The maximum Gasteiger partial charge on any atom is 0.360 e. The molecule has 0 saturated carbocycles. The third-order valence-corrected chi connectivity index (χ3v) is 1.86. The van der Waals surface area contributed by atoms with Gasteiger partial charge in [-0.15, -0.1) is 0 Å². The number of fused-ring (bicyclic) bond motifs is 1. The first-order chi connectivity index (χ1) is 7.09. The molecule has 0 fully saturated rings. The van der Waals surface area contributed by atoms with Crippen molar-refractivity contribution in [2.75, 3.05) is 0 Å². The van der Waals surface area contributed by atoms with Gasteiger partial charge in [0.2, 0.25) is 11.6 Å². The van der Waals surface area contributed by atoms with Crippen molar-refractivity contribution in [2.24, 2.45) is 0 Å². The summed E-state index contributed by atoms with van der Waals surface area (Å²) in [5.74, 6) is -2.24. The molecule has 2 rings (SSSR count). The molecule has 0 spiro atoms. The minimum atomic E-state index is -1.40. The Labute approximate surface area is 83.5 Å². The maximum absolute atomic E-state index is 10.6. The summed E-state index contributed by atoms with van der Waals surface area (Å²) in [4.78, 5) is 17.9. The number of benzene rings is 1. The molecule has 76 valence electrons. The van der Waals surface area contributed by atoms with E-state index in [4.69, 9.17) is 5.11 Å². The molecule has 0 unspecified atom stereocenters. The van der Waals surface area contributed by atoms with E-state index in [2.05, 4.69) is 9.97 Å². The van der Waals surface area contributed by atoms with Gasteiger partial charge in [-0.25, -0.2) is 14.8 Å². The lowest BCUT2D eigenvalue weighted by Gasteiger charge is -2.02. The van der Waals surface area contributed by atoms with E-state index in [1.807, 2.05) is 0 Å². The van der Waals surface area contributed by atoms with Crippen LogP contribution in [0.5, 0.6) is 11.6 Å². The topological polar surface area (TPSA) is 104 Å². The molecule has 6 nitrogen and oxygen atoms in total. The second kappa shape index (κ2) is 3.09. The second-order valence-corrected chi connectivity index (χ2v) is 2.85. The van der Waals surface area contributed by atoms with Gasteiger partial charge >= 0.3 is 5.97 Å². The van der Waals surface area contributed by atoms with Gasteiger partial charge in [0.05, 0.1) is 5.52 Å². The standard InChI is InChI=1S/C9H6N2O4/c12-5-3-1-2-4-6(5)11-7(9(14)15)8(13)10-4/h1-3,12H,(H,10,13)(H,14,15). The molecule has 0 aliphatic heterocycles. The van der Waals surface area contributed by atoms with Crippen molar-refractivity contribution in [1.82, 2.24) is 9.97 Å². The minimum Gasteiger partial charge on any atom is -0.506 e. The summed E-state index contributed by atoms with van der Waals surface area (Å²) in [6, 6.07) is 4.39. The number of hydrogen-bond acceptors (Lipinski definition) is 5. The van der Waals surface area contributed by atoms with Gasteiger partial charge in [-0.05, 0) is 12.1 Å². The van der Waals surface area contributed by atoms with Crippen LogP contribution >= 0.6 is 0 Å². The number of hydrogen-bond donors (Lipinski definition) is 3. The van der Waals surface area contributed by atoms with Crippen LogP contribution in [-0.4, -0.2) is 31.3 Å². The largest absolute Gasteiger partial charge is 0.506 e. The summed E-state index contributed by atoms with van der Waals surface area (Å²) in [5, 5.41) is 27.3. The van der Waals surface area contributed by atoms with Gasteiger partial charge in [0.25, 0.3) is 0 Å². The quantitative estimate of drug-likeness (QED) is 0.635. The number of carbonyl (C=O) groups is 1. The number of aromatic nitrogens is 2. The molecule has 0 atom stereocenters. The van der Waals surface area contributed by atoms with E-state index in [1.54, 1.807) is 0 Å². The van der Waals surface area contributed by atoms with E-state index in [1.165, 1.54) is 18.2 Å². The highest BCUT2D eigenvalue weighted by molar-refractivity contribution is 5.92. The third kappa shape index (κ3) is 1.41. The lowest BCUT2D eigenvalue weighted by Crippen LogP contribution is -2.02. The molecule has 1 heterocycles. The Hall–Kier alpha value is -2.37. The van der Waals surface area contributed by atoms with Crippen LogP contribution in [0.15, 0.2) is 18.2 Å². The van der Waals surface area contributed by atoms with Gasteiger partial charge in [0, 0.05) is 0 Å². The maximum atomic E-state index is 10.6. The Morgan fingerprint density at radius 2 is 1.93 bits per heavy atom. The first-order valence-corrected chi connectivity index (χ1v) is 4.01. The van der Waals surface area contributed by atoms with Crippen molar-refractivity contribution >= 4 is 17.0 Å². The molecule has 15 heavy (non-hydrogen) atoms. The van der Waals surface area contributed by atoms with Crippen molar-refractivity contribution in [3.05, 3.63) is 23.9 Å². The summed E-state index contributed by atoms with van der Waals surface area (Å²) in [6.45, 7) is 0. The number of para-hydroxylation sites is 1. The molecule has 0 saturated heterocycles. The van der Waals surface area contributed by atoms with Gasteiger partial charge in [0.15, 0.2) is 0 Å². The van der Waals surface area contributed by atoms with Crippen LogP contribution in [0.4, 0.5) is 0 Å². The molecule has 1 aromatic carbocycles. The molecule has 0 amide bonds. The first kappa shape index (κ1) is 9.20. The fourth-order valence-corrected chi connectivity index (χ4v) is 1.20. The Bertz CT molecular complexity index is 553. The molecule has 0 bridgehead atoms. The average molecular weight is 206 g/mol. The summed E-state index contributed by atoms with van der Waals surface area (Å²) in [7, 11) is 0. The number of aromatic hydroxyl groups is 2. The van der Waals surface area contributed by atoms with Crippen LogP contribution in [0.1, 0.15) is 10.5 Å². The van der Waals surface area contributed by atoms with E-state index >= 15 is 0 Å². The number of phenolic OH excluding ortho intramolecular Hbond substituents is 1. The third-order valence-electron chi connectivity index (χ3n) is 1.86. The highest BCUT2D eigenvalue weighted by Gasteiger charge is 2.15. The van der Waals surface area contributed by atoms with Crippen LogP contribution in [-0.2, 0) is 0 Å². The van der Waals surface area contributed by atoms with E-state index in [9.17, 15) is 15.0 Å². The molecule has 2 aromatic rings. The van der Waals surface area contributed by atoms with Crippen LogP contribution in [0.2, 0.25) is 0 Å². The number of aromatic carboxylic acids is 1. The van der Waals surface area contributed by atoms with E-state index in [0.29, 0.717) is 0 Å². The number of nitrogens with zero attached hydrogens (tertiary/aromatic N) is 2. The average Bonchev–Trinajstić information content (AvgIpc) is 2.16. The zero-order chi connectivity index (χ0) is 11.0. The van der Waals surface area contributed by atoms with Gasteiger partial charge in [-0.3, -0.25) is 0 Å². The molecule has 0 aliphatic carbocycles. The minimum absolute atomic E-state index is 0.0488. The van der Waals surface area contributed by atoms with Crippen molar-refractivity contribution in [1.29, 1.82) is 0 Å². The highest BCUT2D eigenvalue weighted by atomic mass is 16.4. The van der Waals surface area contributed by atoms with E-state index in [-0.39, 0.29) is 16.8 Å². The van der Waals surface area contributed by atoms with Gasteiger partial charge in [0.1, 0.15) is 11.3 Å². The zero-order valence-corrected chi connectivity index (χ0v) is 7.38. The fourth-order valence-electron chi connectivity index (χ4n) is 1.20. The van der Waals surface area contributed by atoms with E-state index < -0.39 is 17.5 Å². The molecule has 3 N–H and O–H groups in total. The van der Waals surface area contributed by atoms with Crippen LogP contribution in [0.25, 0.3) is 11.0 Å². The van der Waals surface area contributed by atoms with Crippen LogP contribution in [0.3, 0.4) is 0 Å². The highest BCUT2D eigenvalue weighted by Crippen LogP contribution is 2.24. The van der Waals surface area contributed by atoms with E-state index in [0.717, 1.165) is 0 Å². The molecule has 0 radical (unpaired) electrons. The lowest BCUT2D eigenvalue weighted by atomic mass is 10.2. The summed E-state index contributed by atoms with van der Waals surface area (Å²) in [5.41, 5.74) is -0.297. The Morgan fingerprint density at radius 1 is 1.20 bits per heavy atom. The molecule has 6 heteroatoms. The number of rotatable bonds is 1. The Balaban J connectivity index is 2.83. The van der Waals surface area contributed by atoms with Gasteiger partial charge in [-0.1, -0.05) is 6.07 Å². The SMILES string of the molecule is O=C(O)c1nc2c(O)cccc2nc1O. The van der Waals surface area contributed by atoms with Crippen molar-refractivity contribution in [3.63, 3.8) is 0 Å².